The van der Waals surface area contributed by atoms with Crippen molar-refractivity contribution in [3.05, 3.63) is 65.9 Å². The first kappa shape index (κ1) is 20.5. The average Bonchev–Trinajstić information content (AvgIpc) is 3.26. The molecule has 1 aliphatic rings. The molecule has 0 aliphatic carbocycles. The maximum atomic E-state index is 12.8. The molecule has 31 heavy (non-hydrogen) atoms. The monoisotopic (exact) mass is 420 g/mol. The van der Waals surface area contributed by atoms with Crippen molar-refractivity contribution in [3.8, 4) is 5.75 Å². The number of carbonyl (C=O) groups is 3. The number of hydrogen-bond donors (Lipinski definition) is 2. The van der Waals surface area contributed by atoms with Crippen molar-refractivity contribution in [2.24, 2.45) is 0 Å². The highest BCUT2D eigenvalue weighted by Crippen LogP contribution is 2.17. The Kier molecular flexibility index (Phi) is 5.88. The summed E-state index contributed by atoms with van der Waals surface area (Å²) in [6.07, 6.45) is 0. The summed E-state index contributed by atoms with van der Waals surface area (Å²) < 4.78 is 5.10. The molecule has 0 saturated carbocycles. The summed E-state index contributed by atoms with van der Waals surface area (Å²) in [5, 5.41) is 3.63. The van der Waals surface area contributed by atoms with Crippen LogP contribution in [0, 0.1) is 0 Å². The van der Waals surface area contributed by atoms with E-state index in [9.17, 15) is 14.4 Å². The zero-order chi connectivity index (χ0) is 21.8. The molecule has 8 nitrogen and oxygen atoms in total. The highest BCUT2D eigenvalue weighted by Gasteiger charge is 2.28. The third-order valence-corrected chi connectivity index (χ3v) is 5.42. The molecule has 0 spiro atoms. The lowest BCUT2D eigenvalue weighted by molar-refractivity contribution is -0.146. The van der Waals surface area contributed by atoms with Gasteiger partial charge in [0.15, 0.2) is 0 Å². The quantitative estimate of drug-likeness (QED) is 0.629. The average molecular weight is 420 g/mol. The van der Waals surface area contributed by atoms with Gasteiger partial charge in [-0.1, -0.05) is 30.3 Å². The fraction of sp³-hybridized carbons (Fsp3) is 0.261. The van der Waals surface area contributed by atoms with Crippen molar-refractivity contribution < 1.29 is 19.1 Å². The Morgan fingerprint density at radius 3 is 2.32 bits per heavy atom. The summed E-state index contributed by atoms with van der Waals surface area (Å²) in [6.45, 7) is 1.66. The van der Waals surface area contributed by atoms with E-state index in [1.165, 1.54) is 4.90 Å². The highest BCUT2D eigenvalue weighted by molar-refractivity contribution is 6.35. The fourth-order valence-electron chi connectivity index (χ4n) is 3.62. The van der Waals surface area contributed by atoms with Gasteiger partial charge >= 0.3 is 11.8 Å². The second-order valence-corrected chi connectivity index (χ2v) is 7.39. The first-order valence-corrected chi connectivity index (χ1v) is 10.1. The molecular weight excluding hydrogens is 396 g/mol. The number of fused-ring (bicyclic) bond motifs is 1. The maximum Gasteiger partial charge on any atom is 0.312 e. The van der Waals surface area contributed by atoms with Gasteiger partial charge in [0.1, 0.15) is 11.4 Å². The van der Waals surface area contributed by atoms with Crippen LogP contribution in [0.3, 0.4) is 0 Å². The molecule has 0 unspecified atom stereocenters. The number of amides is 3. The van der Waals surface area contributed by atoms with Crippen molar-refractivity contribution in [2.45, 2.75) is 6.54 Å². The van der Waals surface area contributed by atoms with Crippen LogP contribution < -0.4 is 10.1 Å². The number of H-pyrrole nitrogens is 1. The van der Waals surface area contributed by atoms with E-state index < -0.39 is 11.8 Å². The smallest absolute Gasteiger partial charge is 0.312 e. The summed E-state index contributed by atoms with van der Waals surface area (Å²) in [5.41, 5.74) is 2.31. The summed E-state index contributed by atoms with van der Waals surface area (Å²) in [6, 6.07) is 16.8. The van der Waals surface area contributed by atoms with Gasteiger partial charge in [0.25, 0.3) is 5.91 Å². The number of aromatic nitrogens is 1. The van der Waals surface area contributed by atoms with Crippen molar-refractivity contribution in [1.29, 1.82) is 0 Å². The summed E-state index contributed by atoms with van der Waals surface area (Å²) >= 11 is 0. The Hall–Kier alpha value is -3.81. The molecule has 2 N–H and O–H groups in total. The van der Waals surface area contributed by atoms with Crippen LogP contribution in [-0.4, -0.2) is 65.8 Å². The Labute approximate surface area is 179 Å². The van der Waals surface area contributed by atoms with E-state index in [1.807, 2.05) is 42.5 Å². The molecule has 2 heterocycles. The molecular formula is C23H24N4O4. The number of aromatic amines is 1. The molecule has 3 aromatic rings. The van der Waals surface area contributed by atoms with Crippen molar-refractivity contribution in [3.63, 3.8) is 0 Å². The summed E-state index contributed by atoms with van der Waals surface area (Å²) in [4.78, 5) is 43.8. The van der Waals surface area contributed by atoms with Gasteiger partial charge in [-0.2, -0.15) is 0 Å². The van der Waals surface area contributed by atoms with E-state index in [4.69, 9.17) is 4.74 Å². The van der Waals surface area contributed by atoms with Crippen LogP contribution in [0.15, 0.2) is 54.6 Å². The lowest BCUT2D eigenvalue weighted by Gasteiger charge is -2.34. The SMILES string of the molecule is COc1ccc(CNC(=O)C(=O)N2CCN(C(=O)c3cc4ccccc4[nH]3)CC2)cc1. The number of piperazine rings is 1. The standard InChI is InChI=1S/C23H24N4O4/c1-31-18-8-6-16(7-9-18)15-24-21(28)23(30)27-12-10-26(11-13-27)22(29)20-14-17-4-2-3-5-19(17)25-20/h2-9,14,25H,10-13,15H2,1H3,(H,24,28). The molecule has 2 aromatic carbocycles. The van der Waals surface area contributed by atoms with E-state index in [-0.39, 0.29) is 12.5 Å². The molecule has 4 rings (SSSR count). The van der Waals surface area contributed by atoms with Gasteiger partial charge in [0, 0.05) is 43.6 Å². The van der Waals surface area contributed by atoms with Crippen LogP contribution >= 0.6 is 0 Å². The summed E-state index contributed by atoms with van der Waals surface area (Å²) in [7, 11) is 1.59. The molecule has 1 aromatic heterocycles. The minimum atomic E-state index is -0.647. The second kappa shape index (κ2) is 8.91. The Morgan fingerprint density at radius 1 is 0.968 bits per heavy atom. The number of nitrogens with one attached hydrogen (secondary N) is 2. The van der Waals surface area contributed by atoms with Gasteiger partial charge in [-0.05, 0) is 29.8 Å². The minimum Gasteiger partial charge on any atom is -0.497 e. The van der Waals surface area contributed by atoms with Crippen LogP contribution in [0.2, 0.25) is 0 Å². The van der Waals surface area contributed by atoms with E-state index in [1.54, 1.807) is 24.1 Å². The number of nitrogens with zero attached hydrogens (tertiary/aromatic N) is 2. The van der Waals surface area contributed by atoms with Crippen molar-refractivity contribution in [2.75, 3.05) is 33.3 Å². The molecule has 1 aliphatic heterocycles. The van der Waals surface area contributed by atoms with Gasteiger partial charge in [0.2, 0.25) is 0 Å². The van der Waals surface area contributed by atoms with Crippen LogP contribution in [0.5, 0.6) is 5.75 Å². The van der Waals surface area contributed by atoms with Gasteiger partial charge < -0.3 is 24.8 Å². The first-order chi connectivity index (χ1) is 15.0. The third kappa shape index (κ3) is 4.53. The lowest BCUT2D eigenvalue weighted by Crippen LogP contribution is -2.53. The predicted octanol–water partition coefficient (Wildman–Crippen LogP) is 1.78. The normalized spacial score (nSPS) is 13.8. The molecule has 0 radical (unpaired) electrons. The van der Waals surface area contributed by atoms with Crippen LogP contribution in [-0.2, 0) is 16.1 Å². The van der Waals surface area contributed by atoms with Crippen LogP contribution in [0.4, 0.5) is 0 Å². The number of hydrogen-bond acceptors (Lipinski definition) is 4. The van der Waals surface area contributed by atoms with Crippen LogP contribution in [0.1, 0.15) is 16.1 Å². The highest BCUT2D eigenvalue weighted by atomic mass is 16.5. The van der Waals surface area contributed by atoms with Crippen molar-refractivity contribution >= 4 is 28.6 Å². The predicted molar refractivity (Wildman–Crippen MR) is 116 cm³/mol. The second-order valence-electron chi connectivity index (χ2n) is 7.39. The van der Waals surface area contributed by atoms with E-state index in [0.29, 0.717) is 31.9 Å². The molecule has 1 saturated heterocycles. The van der Waals surface area contributed by atoms with E-state index in [0.717, 1.165) is 22.2 Å². The topological polar surface area (TPSA) is 94.7 Å². The molecule has 0 atom stereocenters. The molecule has 3 amide bonds. The molecule has 1 fully saturated rings. The molecule has 0 bridgehead atoms. The summed E-state index contributed by atoms with van der Waals surface area (Å²) in [5.74, 6) is -0.601. The van der Waals surface area contributed by atoms with Crippen LogP contribution in [0.25, 0.3) is 10.9 Å². The number of para-hydroxylation sites is 1. The largest absolute Gasteiger partial charge is 0.497 e. The lowest BCUT2D eigenvalue weighted by atomic mass is 10.2. The zero-order valence-corrected chi connectivity index (χ0v) is 17.3. The van der Waals surface area contributed by atoms with E-state index in [2.05, 4.69) is 10.3 Å². The Morgan fingerprint density at radius 2 is 1.65 bits per heavy atom. The number of rotatable bonds is 4. The fourth-order valence-corrected chi connectivity index (χ4v) is 3.62. The van der Waals surface area contributed by atoms with Gasteiger partial charge in [-0.25, -0.2) is 0 Å². The zero-order valence-electron chi connectivity index (χ0n) is 17.3. The van der Waals surface area contributed by atoms with Gasteiger partial charge in [0.05, 0.1) is 7.11 Å². The maximum absolute atomic E-state index is 12.8. The Bertz CT molecular complexity index is 1070. The first-order valence-electron chi connectivity index (χ1n) is 10.1. The number of ether oxygens (including phenoxy) is 1. The third-order valence-electron chi connectivity index (χ3n) is 5.42. The number of methoxy groups -OCH3 is 1. The number of benzene rings is 2. The number of carbonyl (C=O) groups excluding carboxylic acids is 3. The Balaban J connectivity index is 1.28. The van der Waals surface area contributed by atoms with Gasteiger partial charge in [-0.15, -0.1) is 0 Å². The van der Waals surface area contributed by atoms with E-state index >= 15 is 0 Å². The minimum absolute atomic E-state index is 0.104. The molecule has 8 heteroatoms. The van der Waals surface area contributed by atoms with Gasteiger partial charge in [-0.3, -0.25) is 14.4 Å². The van der Waals surface area contributed by atoms with Crippen molar-refractivity contribution in [1.82, 2.24) is 20.1 Å². The molecule has 160 valence electrons.